The van der Waals surface area contributed by atoms with Crippen LogP contribution < -0.4 is 0 Å². The van der Waals surface area contributed by atoms with Crippen LogP contribution in [0.4, 0.5) is 5.69 Å². The summed E-state index contributed by atoms with van der Waals surface area (Å²) < 4.78 is 0. The fourth-order valence-corrected chi connectivity index (χ4v) is 5.31. The molecule has 198 valence electrons. The molecule has 2 aromatic rings. The highest BCUT2D eigenvalue weighted by atomic mass is 16.3. The molecule has 1 N–H and O–H groups in total. The van der Waals surface area contributed by atoms with Crippen molar-refractivity contribution in [2.24, 2.45) is 4.99 Å². The number of aliphatic hydroxyl groups excluding tert-OH is 1. The van der Waals surface area contributed by atoms with Gasteiger partial charge in [-0.2, -0.15) is 0 Å². The molecule has 1 aliphatic heterocycles. The lowest BCUT2D eigenvalue weighted by molar-refractivity contribution is 0.338. The normalized spacial score (nSPS) is 18.2. The molecule has 2 aliphatic rings. The van der Waals surface area contributed by atoms with E-state index in [4.69, 9.17) is 4.99 Å². The summed E-state index contributed by atoms with van der Waals surface area (Å²) in [6.07, 6.45) is 16.1. The van der Waals surface area contributed by atoms with E-state index >= 15 is 0 Å². The maximum Gasteiger partial charge on any atom is 0.111 e. The first-order chi connectivity index (χ1) is 18.3. The molecule has 0 saturated carbocycles. The van der Waals surface area contributed by atoms with Crippen LogP contribution in [0.2, 0.25) is 0 Å². The highest BCUT2D eigenvalue weighted by molar-refractivity contribution is 6.00. The number of aliphatic imine (C=N–C) groups is 1. The van der Waals surface area contributed by atoms with Crippen LogP contribution in [0.3, 0.4) is 0 Å². The zero-order valence-electron chi connectivity index (χ0n) is 23.3. The van der Waals surface area contributed by atoms with Crippen LogP contribution in [-0.4, -0.2) is 28.3 Å². The van der Waals surface area contributed by atoms with Gasteiger partial charge >= 0.3 is 0 Å². The van der Waals surface area contributed by atoms with Crippen molar-refractivity contribution in [1.29, 1.82) is 0 Å². The van der Waals surface area contributed by atoms with E-state index in [1.165, 1.54) is 33.5 Å². The summed E-state index contributed by atoms with van der Waals surface area (Å²) in [6, 6.07) is 15.7. The Morgan fingerprint density at radius 3 is 2.68 bits per heavy atom. The Balaban J connectivity index is 1.31. The number of hydrogen-bond donors (Lipinski definition) is 1. The van der Waals surface area contributed by atoms with E-state index < -0.39 is 0 Å². The molecule has 38 heavy (non-hydrogen) atoms. The molecule has 1 heterocycles. The van der Waals surface area contributed by atoms with Crippen LogP contribution in [0.5, 0.6) is 0 Å². The van der Waals surface area contributed by atoms with Gasteiger partial charge in [-0.3, -0.25) is 4.99 Å². The minimum atomic E-state index is 0.200. The fraction of sp³-hybridized carbons (Fsp3) is 0.343. The average molecular weight is 507 g/mol. The number of aliphatic hydroxyl groups is 1. The van der Waals surface area contributed by atoms with Gasteiger partial charge in [0.1, 0.15) is 5.76 Å². The Bertz CT molecular complexity index is 1310. The minimum absolute atomic E-state index is 0.200. The van der Waals surface area contributed by atoms with Crippen molar-refractivity contribution in [3.8, 4) is 0 Å². The number of nitrogens with zero attached hydrogens (tertiary/aromatic N) is 2. The van der Waals surface area contributed by atoms with E-state index in [2.05, 4.69) is 99.5 Å². The van der Waals surface area contributed by atoms with Crippen molar-refractivity contribution in [3.05, 3.63) is 125 Å². The Kier molecular flexibility index (Phi) is 9.23. The number of rotatable bonds is 10. The monoisotopic (exact) mass is 506 g/mol. The standard InChI is InChI=1S/C35H42N2O/c1-25-13-14-26(2)35(23-25)36-28(4)33-11-8-10-31(24-33)9-6-7-12-34-20-15-27(3)37(34)22-21-30-16-18-32(19-17-30)29(5)38/h7-8,10-14,16,18,23-24,34,38H,3,5-6,9,15,17,19-22H2,1-2,4H3/b12-7+,36-28?. The highest BCUT2D eigenvalue weighted by Gasteiger charge is 2.24. The van der Waals surface area contributed by atoms with Crippen molar-refractivity contribution >= 4 is 11.4 Å². The molecular formula is C35H42N2O. The largest absolute Gasteiger partial charge is 0.508 e. The van der Waals surface area contributed by atoms with Crippen molar-refractivity contribution in [3.63, 3.8) is 0 Å². The van der Waals surface area contributed by atoms with E-state index in [1.54, 1.807) is 0 Å². The minimum Gasteiger partial charge on any atom is -0.508 e. The number of benzene rings is 2. The molecule has 0 bridgehead atoms. The summed E-state index contributed by atoms with van der Waals surface area (Å²) in [5.41, 5.74) is 10.7. The van der Waals surface area contributed by atoms with Crippen LogP contribution in [0.15, 0.2) is 108 Å². The molecule has 1 fully saturated rings. The van der Waals surface area contributed by atoms with Gasteiger partial charge in [-0.25, -0.2) is 0 Å². The molecule has 1 unspecified atom stereocenters. The van der Waals surface area contributed by atoms with Crippen molar-refractivity contribution < 1.29 is 5.11 Å². The number of likely N-dealkylation sites (tertiary alicyclic amines) is 1. The molecule has 3 nitrogen and oxygen atoms in total. The molecular weight excluding hydrogens is 464 g/mol. The zero-order valence-corrected chi connectivity index (χ0v) is 23.3. The first-order valence-corrected chi connectivity index (χ1v) is 13.9. The topological polar surface area (TPSA) is 35.8 Å². The second-order valence-electron chi connectivity index (χ2n) is 10.7. The smallest absolute Gasteiger partial charge is 0.111 e. The second-order valence-corrected chi connectivity index (χ2v) is 10.7. The van der Waals surface area contributed by atoms with Crippen LogP contribution >= 0.6 is 0 Å². The molecule has 4 rings (SSSR count). The summed E-state index contributed by atoms with van der Waals surface area (Å²) in [4.78, 5) is 7.41. The number of aryl methyl sites for hydroxylation is 3. The quantitative estimate of drug-likeness (QED) is 0.198. The molecule has 1 atom stereocenters. The Labute approximate surface area is 229 Å². The summed E-state index contributed by atoms with van der Waals surface area (Å²) in [5, 5.41) is 9.60. The molecule has 3 heteroatoms. The lowest BCUT2D eigenvalue weighted by Gasteiger charge is -2.26. The lowest BCUT2D eigenvalue weighted by atomic mass is 9.95. The summed E-state index contributed by atoms with van der Waals surface area (Å²) in [5.74, 6) is 0.200. The van der Waals surface area contributed by atoms with Gasteiger partial charge in [-0.05, 0) is 106 Å². The van der Waals surface area contributed by atoms with Crippen LogP contribution in [0.1, 0.15) is 67.7 Å². The van der Waals surface area contributed by atoms with Gasteiger partial charge in [0.2, 0.25) is 0 Å². The van der Waals surface area contributed by atoms with Crippen LogP contribution in [0.25, 0.3) is 0 Å². The number of hydrogen-bond acceptors (Lipinski definition) is 3. The van der Waals surface area contributed by atoms with Gasteiger partial charge < -0.3 is 10.0 Å². The van der Waals surface area contributed by atoms with Crippen molar-refractivity contribution in [1.82, 2.24) is 4.90 Å². The predicted octanol–water partition coefficient (Wildman–Crippen LogP) is 9.02. The lowest BCUT2D eigenvalue weighted by Crippen LogP contribution is -2.27. The van der Waals surface area contributed by atoms with Gasteiger partial charge in [0.05, 0.1) is 5.69 Å². The van der Waals surface area contributed by atoms with Gasteiger partial charge in [0.15, 0.2) is 0 Å². The molecule has 1 aliphatic carbocycles. The Morgan fingerprint density at radius 2 is 1.92 bits per heavy atom. The van der Waals surface area contributed by atoms with Crippen molar-refractivity contribution in [2.75, 3.05) is 6.54 Å². The Hall–Kier alpha value is -3.59. The molecule has 0 spiro atoms. The third-order valence-corrected chi connectivity index (χ3v) is 7.77. The van der Waals surface area contributed by atoms with Crippen molar-refractivity contribution in [2.45, 2.75) is 71.8 Å². The summed E-state index contributed by atoms with van der Waals surface area (Å²) in [6.45, 7) is 15.3. The molecule has 0 amide bonds. The second kappa shape index (κ2) is 12.8. The third kappa shape index (κ3) is 7.25. The average Bonchev–Trinajstić information content (AvgIpc) is 3.26. The first-order valence-electron chi connectivity index (χ1n) is 13.9. The van der Waals surface area contributed by atoms with E-state index in [0.29, 0.717) is 6.04 Å². The van der Waals surface area contributed by atoms with Gasteiger partial charge in [0, 0.05) is 24.0 Å². The fourth-order valence-electron chi connectivity index (χ4n) is 5.31. The summed E-state index contributed by atoms with van der Waals surface area (Å²) >= 11 is 0. The molecule has 0 aromatic heterocycles. The highest BCUT2D eigenvalue weighted by Crippen LogP contribution is 2.30. The van der Waals surface area contributed by atoms with E-state index in [0.717, 1.165) is 68.5 Å². The SMILES string of the molecule is C=C(O)C1=CC=C(CCN2C(=C)CCC2/C=C/CCc2cccc(C(C)=Nc3cc(C)ccc3C)c2)CC1. The molecule has 2 aromatic carbocycles. The zero-order chi connectivity index (χ0) is 27.1. The maximum atomic E-state index is 9.60. The first kappa shape index (κ1) is 27.4. The number of allylic oxidation sites excluding steroid dienone is 5. The van der Waals surface area contributed by atoms with Crippen LogP contribution in [0, 0.1) is 13.8 Å². The Morgan fingerprint density at radius 1 is 1.08 bits per heavy atom. The van der Waals surface area contributed by atoms with E-state index in [-0.39, 0.29) is 5.76 Å². The molecule has 0 radical (unpaired) electrons. The summed E-state index contributed by atoms with van der Waals surface area (Å²) in [7, 11) is 0. The van der Waals surface area contributed by atoms with E-state index in [1.807, 2.05) is 6.08 Å². The van der Waals surface area contributed by atoms with Gasteiger partial charge in [-0.15, -0.1) is 0 Å². The predicted molar refractivity (Wildman–Crippen MR) is 162 cm³/mol. The van der Waals surface area contributed by atoms with E-state index in [9.17, 15) is 5.11 Å². The van der Waals surface area contributed by atoms with Crippen LogP contribution in [-0.2, 0) is 6.42 Å². The third-order valence-electron chi connectivity index (χ3n) is 7.77. The van der Waals surface area contributed by atoms with Gasteiger partial charge in [0.25, 0.3) is 0 Å². The van der Waals surface area contributed by atoms with Gasteiger partial charge in [-0.1, -0.05) is 73.4 Å². The molecule has 1 saturated heterocycles. The maximum absolute atomic E-state index is 9.60.